The molecule has 2 heterocycles. The Kier molecular flexibility index (Phi) is 6.30. The fraction of sp³-hybridized carbons (Fsp3) is 0.308. The molecule has 0 radical (unpaired) electrons. The van der Waals surface area contributed by atoms with Gasteiger partial charge in [0.1, 0.15) is 6.04 Å². The van der Waals surface area contributed by atoms with Crippen LogP contribution in [0.2, 0.25) is 0 Å². The van der Waals surface area contributed by atoms with E-state index in [9.17, 15) is 9.59 Å². The van der Waals surface area contributed by atoms with Crippen LogP contribution in [0.25, 0.3) is 0 Å². The summed E-state index contributed by atoms with van der Waals surface area (Å²) in [6.07, 6.45) is 4.39. The molecule has 1 fully saturated rings. The van der Waals surface area contributed by atoms with Gasteiger partial charge in [0.25, 0.3) is 0 Å². The summed E-state index contributed by atoms with van der Waals surface area (Å²) in [6, 6.07) is 18.1. The lowest BCUT2D eigenvalue weighted by Crippen LogP contribution is -2.46. The van der Waals surface area contributed by atoms with Crippen molar-refractivity contribution in [3.8, 4) is 11.5 Å². The number of anilines is 1. The predicted molar refractivity (Wildman–Crippen MR) is 128 cm³/mol. The molecule has 33 heavy (non-hydrogen) atoms. The van der Waals surface area contributed by atoms with E-state index in [-0.39, 0.29) is 31.1 Å². The zero-order chi connectivity index (χ0) is 22.6. The molecule has 1 atom stereocenters. The molecule has 3 aromatic rings. The maximum Gasteiger partial charge on any atom is 0.248 e. The van der Waals surface area contributed by atoms with Crippen molar-refractivity contribution in [2.75, 3.05) is 11.7 Å². The van der Waals surface area contributed by atoms with Crippen LogP contribution in [-0.4, -0.2) is 24.6 Å². The first-order chi connectivity index (χ1) is 16.2. The third kappa shape index (κ3) is 4.73. The van der Waals surface area contributed by atoms with Gasteiger partial charge in [0, 0.05) is 22.7 Å². The largest absolute Gasteiger partial charge is 0.454 e. The molecule has 0 bridgehead atoms. The van der Waals surface area contributed by atoms with E-state index in [0.717, 1.165) is 36.1 Å². The highest BCUT2D eigenvalue weighted by Crippen LogP contribution is 2.38. The third-order valence-corrected chi connectivity index (χ3v) is 7.01. The molecule has 1 aliphatic heterocycles. The van der Waals surface area contributed by atoms with E-state index in [1.54, 1.807) is 17.0 Å². The average molecular weight is 463 g/mol. The van der Waals surface area contributed by atoms with E-state index >= 15 is 0 Å². The lowest BCUT2D eigenvalue weighted by Gasteiger charge is -2.32. The van der Waals surface area contributed by atoms with Crippen molar-refractivity contribution in [3.05, 3.63) is 76.5 Å². The van der Waals surface area contributed by atoms with Gasteiger partial charge in [-0.25, -0.2) is 0 Å². The highest BCUT2D eigenvalue weighted by Gasteiger charge is 2.35. The smallest absolute Gasteiger partial charge is 0.248 e. The van der Waals surface area contributed by atoms with Gasteiger partial charge in [-0.3, -0.25) is 14.5 Å². The molecule has 1 aliphatic carbocycles. The van der Waals surface area contributed by atoms with Gasteiger partial charge in [0.2, 0.25) is 18.6 Å². The predicted octanol–water partition coefficient (Wildman–Crippen LogP) is 4.85. The Balaban J connectivity index is 1.55. The molecule has 0 unspecified atom stereocenters. The number of thiophene rings is 1. The summed E-state index contributed by atoms with van der Waals surface area (Å²) in [4.78, 5) is 30.0. The molecule has 0 spiro atoms. The quantitative estimate of drug-likeness (QED) is 0.545. The summed E-state index contributed by atoms with van der Waals surface area (Å²) >= 11 is 1.53. The molecule has 170 valence electrons. The van der Waals surface area contributed by atoms with Crippen LogP contribution in [0.1, 0.15) is 42.2 Å². The standard InChI is InChI=1S/C26H26N2O4S/c29-24(16-21-11-6-14-33-21)28(20-12-13-22-23(15-20)32-17-31-22)25(18-7-2-1-3-8-18)26(30)27-19-9-4-5-10-19/h1-3,6-8,11-15,19,25H,4-5,9-10,16-17H2,(H,27,30)/t25-/m0/s1. The fourth-order valence-electron chi connectivity index (χ4n) is 4.52. The molecule has 1 aromatic heterocycles. The minimum atomic E-state index is -0.792. The number of nitrogens with zero attached hydrogens (tertiary/aromatic N) is 1. The minimum absolute atomic E-state index is 0.145. The van der Waals surface area contributed by atoms with Crippen LogP contribution in [0.3, 0.4) is 0 Å². The maximum absolute atomic E-state index is 13.7. The molecule has 6 nitrogen and oxygen atoms in total. The molecule has 7 heteroatoms. The van der Waals surface area contributed by atoms with Gasteiger partial charge < -0.3 is 14.8 Å². The van der Waals surface area contributed by atoms with Gasteiger partial charge in [0.15, 0.2) is 11.5 Å². The number of benzene rings is 2. The Morgan fingerprint density at radius 2 is 1.79 bits per heavy atom. The second-order valence-corrected chi connectivity index (χ2v) is 9.39. The van der Waals surface area contributed by atoms with Gasteiger partial charge in [-0.05, 0) is 42.0 Å². The van der Waals surface area contributed by atoms with E-state index in [2.05, 4.69) is 5.32 Å². The molecule has 5 rings (SSSR count). The first kappa shape index (κ1) is 21.5. The number of carbonyl (C=O) groups is 2. The minimum Gasteiger partial charge on any atom is -0.454 e. The lowest BCUT2D eigenvalue weighted by molar-refractivity contribution is -0.127. The van der Waals surface area contributed by atoms with Crippen molar-refractivity contribution in [2.45, 2.75) is 44.2 Å². The van der Waals surface area contributed by atoms with Crippen molar-refractivity contribution >= 4 is 28.8 Å². The number of amides is 2. The summed E-state index contributed by atoms with van der Waals surface area (Å²) in [5.74, 6) is 0.901. The Morgan fingerprint density at radius 1 is 1.00 bits per heavy atom. The summed E-state index contributed by atoms with van der Waals surface area (Å²) in [7, 11) is 0. The highest BCUT2D eigenvalue weighted by atomic mass is 32.1. The number of rotatable bonds is 7. The monoisotopic (exact) mass is 462 g/mol. The van der Waals surface area contributed by atoms with Gasteiger partial charge >= 0.3 is 0 Å². The molecular formula is C26H26N2O4S. The van der Waals surface area contributed by atoms with Crippen LogP contribution in [0.15, 0.2) is 66.0 Å². The normalized spacial score (nSPS) is 15.9. The second kappa shape index (κ2) is 9.67. The molecule has 2 amide bonds. The molecule has 1 saturated carbocycles. The molecule has 2 aliphatic rings. The summed E-state index contributed by atoms with van der Waals surface area (Å²) < 4.78 is 11.0. The number of nitrogens with one attached hydrogen (secondary N) is 1. The van der Waals surface area contributed by atoms with E-state index < -0.39 is 6.04 Å². The molecule has 2 aromatic carbocycles. The number of ether oxygens (including phenoxy) is 2. The Bertz CT molecular complexity index is 1110. The Hall–Kier alpha value is -3.32. The van der Waals surface area contributed by atoms with E-state index in [1.165, 1.54) is 11.3 Å². The van der Waals surface area contributed by atoms with Crippen molar-refractivity contribution in [1.82, 2.24) is 5.32 Å². The number of hydrogen-bond acceptors (Lipinski definition) is 5. The van der Waals surface area contributed by atoms with Crippen LogP contribution >= 0.6 is 11.3 Å². The topological polar surface area (TPSA) is 67.9 Å². The van der Waals surface area contributed by atoms with Gasteiger partial charge in [-0.15, -0.1) is 11.3 Å². The SMILES string of the molecule is O=C(NC1CCCC1)[C@H](c1ccccc1)N(C(=O)Cc1cccs1)c1ccc2c(c1)OCO2. The Morgan fingerprint density at radius 3 is 2.55 bits per heavy atom. The zero-order valence-electron chi connectivity index (χ0n) is 18.2. The van der Waals surface area contributed by atoms with Crippen LogP contribution < -0.4 is 19.7 Å². The van der Waals surface area contributed by atoms with Gasteiger partial charge in [0.05, 0.1) is 6.42 Å². The fourth-order valence-corrected chi connectivity index (χ4v) is 5.22. The van der Waals surface area contributed by atoms with E-state index in [1.807, 2.05) is 53.9 Å². The first-order valence-corrected chi connectivity index (χ1v) is 12.2. The number of carbonyl (C=O) groups excluding carboxylic acids is 2. The number of hydrogen-bond donors (Lipinski definition) is 1. The van der Waals surface area contributed by atoms with Crippen LogP contribution in [-0.2, 0) is 16.0 Å². The summed E-state index contributed by atoms with van der Waals surface area (Å²) in [5, 5.41) is 5.16. The first-order valence-electron chi connectivity index (χ1n) is 11.3. The maximum atomic E-state index is 13.7. The van der Waals surface area contributed by atoms with Crippen LogP contribution in [0.5, 0.6) is 11.5 Å². The second-order valence-electron chi connectivity index (χ2n) is 8.36. The van der Waals surface area contributed by atoms with Crippen molar-refractivity contribution in [1.29, 1.82) is 0 Å². The van der Waals surface area contributed by atoms with Crippen molar-refractivity contribution in [3.63, 3.8) is 0 Å². The highest BCUT2D eigenvalue weighted by molar-refractivity contribution is 7.10. The molecule has 1 N–H and O–H groups in total. The lowest BCUT2D eigenvalue weighted by atomic mass is 10.0. The van der Waals surface area contributed by atoms with Crippen LogP contribution in [0.4, 0.5) is 5.69 Å². The molecule has 0 saturated heterocycles. The zero-order valence-corrected chi connectivity index (χ0v) is 19.1. The van der Waals surface area contributed by atoms with Gasteiger partial charge in [-0.1, -0.05) is 49.2 Å². The summed E-state index contributed by atoms with van der Waals surface area (Å²) in [6.45, 7) is 0.145. The summed E-state index contributed by atoms with van der Waals surface area (Å²) in [5.41, 5.74) is 1.38. The van der Waals surface area contributed by atoms with Crippen molar-refractivity contribution < 1.29 is 19.1 Å². The van der Waals surface area contributed by atoms with Crippen LogP contribution in [0, 0.1) is 0 Å². The Labute approximate surface area is 197 Å². The van der Waals surface area contributed by atoms with E-state index in [4.69, 9.17) is 9.47 Å². The molecular weight excluding hydrogens is 436 g/mol. The average Bonchev–Trinajstić information content (AvgIpc) is 3.60. The third-order valence-electron chi connectivity index (χ3n) is 6.13. The van der Waals surface area contributed by atoms with Crippen molar-refractivity contribution in [2.24, 2.45) is 0 Å². The number of fused-ring (bicyclic) bond motifs is 1. The van der Waals surface area contributed by atoms with Gasteiger partial charge in [-0.2, -0.15) is 0 Å². The van der Waals surface area contributed by atoms with E-state index in [0.29, 0.717) is 17.2 Å².